The van der Waals surface area contributed by atoms with Crippen LogP contribution in [0.1, 0.15) is 22.6 Å². The predicted molar refractivity (Wildman–Crippen MR) is 79.4 cm³/mol. The van der Waals surface area contributed by atoms with Crippen LogP contribution in [-0.2, 0) is 13.5 Å². The van der Waals surface area contributed by atoms with Crippen LogP contribution in [0.2, 0.25) is 0 Å². The highest BCUT2D eigenvalue weighted by Gasteiger charge is 2.12. The van der Waals surface area contributed by atoms with Crippen molar-refractivity contribution in [2.75, 3.05) is 5.73 Å². The van der Waals surface area contributed by atoms with Crippen LogP contribution in [0.3, 0.4) is 0 Å². The van der Waals surface area contributed by atoms with Gasteiger partial charge in [0.2, 0.25) is 0 Å². The molecule has 0 aliphatic carbocycles. The Labute approximate surface area is 117 Å². The van der Waals surface area contributed by atoms with E-state index in [1.807, 2.05) is 39.1 Å². The van der Waals surface area contributed by atoms with Gasteiger partial charge in [0.25, 0.3) is 0 Å². The molecule has 102 valence electrons. The topological polar surface area (TPSA) is 69.6 Å². The molecule has 0 amide bonds. The summed E-state index contributed by atoms with van der Waals surface area (Å²) in [7, 11) is 2.03. The largest absolute Gasteiger partial charge is 0.382 e. The zero-order valence-corrected chi connectivity index (χ0v) is 11.9. The van der Waals surface area contributed by atoms with Crippen molar-refractivity contribution >= 4 is 16.9 Å². The van der Waals surface area contributed by atoms with Crippen molar-refractivity contribution in [3.63, 3.8) is 0 Å². The van der Waals surface area contributed by atoms with Crippen molar-refractivity contribution in [2.45, 2.75) is 20.3 Å². The third kappa shape index (κ3) is 1.91. The van der Waals surface area contributed by atoms with E-state index in [0.717, 1.165) is 33.7 Å². The van der Waals surface area contributed by atoms with Crippen molar-refractivity contribution in [1.82, 2.24) is 19.7 Å². The van der Waals surface area contributed by atoms with Crippen LogP contribution in [0.15, 0.2) is 24.3 Å². The van der Waals surface area contributed by atoms with E-state index in [0.29, 0.717) is 12.2 Å². The summed E-state index contributed by atoms with van der Waals surface area (Å²) in [6, 6.07) is 8.11. The molecule has 0 saturated heterocycles. The minimum atomic E-state index is 0.497. The van der Waals surface area contributed by atoms with Crippen molar-refractivity contribution in [3.8, 4) is 0 Å². The quantitative estimate of drug-likeness (QED) is 0.772. The lowest BCUT2D eigenvalue weighted by atomic mass is 10.1. The number of aromatic nitrogens is 4. The highest BCUT2D eigenvalue weighted by molar-refractivity contribution is 5.75. The van der Waals surface area contributed by atoms with Gasteiger partial charge in [-0.1, -0.05) is 12.1 Å². The molecule has 2 aromatic heterocycles. The SMILES string of the molecule is Cc1c(N)nnc(Cc2nc3ccccc3n2C)c1C. The number of nitrogens with two attached hydrogens (primary N) is 1. The molecule has 0 fully saturated rings. The number of hydrogen-bond donors (Lipinski definition) is 1. The van der Waals surface area contributed by atoms with E-state index in [9.17, 15) is 0 Å². The van der Waals surface area contributed by atoms with Crippen LogP contribution in [0.5, 0.6) is 0 Å². The highest BCUT2D eigenvalue weighted by Crippen LogP contribution is 2.20. The smallest absolute Gasteiger partial charge is 0.149 e. The molecule has 3 aromatic rings. The number of nitrogen functional groups attached to an aromatic ring is 1. The van der Waals surface area contributed by atoms with Crippen LogP contribution >= 0.6 is 0 Å². The first-order chi connectivity index (χ1) is 9.58. The second-order valence-electron chi connectivity index (χ2n) is 5.03. The van der Waals surface area contributed by atoms with Gasteiger partial charge >= 0.3 is 0 Å². The third-order valence-corrected chi connectivity index (χ3v) is 3.86. The van der Waals surface area contributed by atoms with Crippen LogP contribution in [-0.4, -0.2) is 19.7 Å². The van der Waals surface area contributed by atoms with E-state index in [4.69, 9.17) is 5.73 Å². The standard InChI is InChI=1S/C15H17N5/c1-9-10(2)15(16)19-18-12(9)8-14-17-11-6-4-5-7-13(11)20(14)3/h4-7H,8H2,1-3H3,(H2,16,19). The Bertz CT molecular complexity index is 788. The molecule has 2 heterocycles. The fourth-order valence-corrected chi connectivity index (χ4v) is 2.34. The molecule has 0 saturated carbocycles. The van der Waals surface area contributed by atoms with Gasteiger partial charge in [-0.05, 0) is 37.1 Å². The fraction of sp³-hybridized carbons (Fsp3) is 0.267. The molecule has 0 spiro atoms. The molecule has 5 heteroatoms. The maximum absolute atomic E-state index is 5.78. The first kappa shape index (κ1) is 12.6. The van der Waals surface area contributed by atoms with Crippen molar-refractivity contribution in [1.29, 1.82) is 0 Å². The average molecular weight is 267 g/mol. The lowest BCUT2D eigenvalue weighted by Crippen LogP contribution is -2.08. The minimum absolute atomic E-state index is 0.497. The monoisotopic (exact) mass is 267 g/mol. The molecule has 0 bridgehead atoms. The fourth-order valence-electron chi connectivity index (χ4n) is 2.34. The van der Waals surface area contributed by atoms with Crippen molar-refractivity contribution in [3.05, 3.63) is 46.9 Å². The number of rotatable bonds is 2. The number of nitrogens with zero attached hydrogens (tertiary/aromatic N) is 4. The Balaban J connectivity index is 2.06. The summed E-state index contributed by atoms with van der Waals surface area (Å²) in [5.41, 5.74) is 10.9. The zero-order valence-electron chi connectivity index (χ0n) is 11.9. The second kappa shape index (κ2) is 4.59. The first-order valence-electron chi connectivity index (χ1n) is 6.56. The number of benzene rings is 1. The maximum Gasteiger partial charge on any atom is 0.149 e. The summed E-state index contributed by atoms with van der Waals surface area (Å²) >= 11 is 0. The highest BCUT2D eigenvalue weighted by atomic mass is 15.1. The number of para-hydroxylation sites is 2. The van der Waals surface area contributed by atoms with E-state index in [1.54, 1.807) is 0 Å². The molecule has 5 nitrogen and oxygen atoms in total. The zero-order chi connectivity index (χ0) is 14.3. The lowest BCUT2D eigenvalue weighted by molar-refractivity contribution is 0.808. The van der Waals surface area contributed by atoms with Gasteiger partial charge in [0.15, 0.2) is 0 Å². The molecular formula is C15H17N5. The van der Waals surface area contributed by atoms with Crippen LogP contribution in [0.4, 0.5) is 5.82 Å². The summed E-state index contributed by atoms with van der Waals surface area (Å²) in [4.78, 5) is 4.66. The van der Waals surface area contributed by atoms with Gasteiger partial charge in [0.05, 0.1) is 23.1 Å². The van der Waals surface area contributed by atoms with E-state index in [1.165, 1.54) is 0 Å². The van der Waals surface area contributed by atoms with Gasteiger partial charge < -0.3 is 10.3 Å². The van der Waals surface area contributed by atoms with Crippen LogP contribution < -0.4 is 5.73 Å². The Morgan fingerprint density at radius 2 is 1.85 bits per heavy atom. The summed E-state index contributed by atoms with van der Waals surface area (Å²) in [6.45, 7) is 4.00. The molecule has 2 N–H and O–H groups in total. The number of imidazole rings is 1. The second-order valence-corrected chi connectivity index (χ2v) is 5.03. The molecule has 0 atom stereocenters. The summed E-state index contributed by atoms with van der Waals surface area (Å²) < 4.78 is 2.10. The molecule has 20 heavy (non-hydrogen) atoms. The average Bonchev–Trinajstić information content (AvgIpc) is 2.77. The number of fused-ring (bicyclic) bond motifs is 1. The van der Waals surface area contributed by atoms with E-state index in [2.05, 4.69) is 25.8 Å². The predicted octanol–water partition coefficient (Wildman–Crippen LogP) is 2.15. The van der Waals surface area contributed by atoms with E-state index >= 15 is 0 Å². The summed E-state index contributed by atoms with van der Waals surface area (Å²) in [5.74, 6) is 1.48. The van der Waals surface area contributed by atoms with Gasteiger partial charge in [0.1, 0.15) is 11.6 Å². The maximum atomic E-state index is 5.78. The number of hydrogen-bond acceptors (Lipinski definition) is 4. The van der Waals surface area contributed by atoms with Gasteiger partial charge in [-0.3, -0.25) is 0 Å². The lowest BCUT2D eigenvalue weighted by Gasteiger charge is -2.08. The number of anilines is 1. The Morgan fingerprint density at radius 3 is 2.60 bits per heavy atom. The Hall–Kier alpha value is -2.43. The van der Waals surface area contributed by atoms with Crippen LogP contribution in [0.25, 0.3) is 11.0 Å². The summed E-state index contributed by atoms with van der Waals surface area (Å²) in [5, 5.41) is 8.23. The molecule has 0 radical (unpaired) electrons. The Morgan fingerprint density at radius 1 is 1.10 bits per heavy atom. The Kier molecular flexibility index (Phi) is 2.89. The molecule has 0 aliphatic heterocycles. The van der Waals surface area contributed by atoms with Gasteiger partial charge in [-0.2, -0.15) is 5.10 Å². The molecular weight excluding hydrogens is 250 g/mol. The van der Waals surface area contributed by atoms with E-state index < -0.39 is 0 Å². The molecule has 1 aromatic carbocycles. The first-order valence-corrected chi connectivity index (χ1v) is 6.56. The normalized spacial score (nSPS) is 11.2. The van der Waals surface area contributed by atoms with E-state index in [-0.39, 0.29) is 0 Å². The minimum Gasteiger partial charge on any atom is -0.382 e. The van der Waals surface area contributed by atoms with Gasteiger partial charge in [0, 0.05) is 7.05 Å². The van der Waals surface area contributed by atoms with Crippen LogP contribution in [0, 0.1) is 13.8 Å². The number of aryl methyl sites for hydroxylation is 1. The molecule has 0 unspecified atom stereocenters. The molecule has 3 rings (SSSR count). The molecule has 0 aliphatic rings. The van der Waals surface area contributed by atoms with Gasteiger partial charge in [-0.15, -0.1) is 5.10 Å². The van der Waals surface area contributed by atoms with Crippen molar-refractivity contribution < 1.29 is 0 Å². The van der Waals surface area contributed by atoms with Crippen molar-refractivity contribution in [2.24, 2.45) is 7.05 Å². The van der Waals surface area contributed by atoms with Gasteiger partial charge in [-0.25, -0.2) is 4.98 Å². The summed E-state index contributed by atoms with van der Waals surface area (Å²) in [6.07, 6.45) is 0.658. The third-order valence-electron chi connectivity index (χ3n) is 3.86.